The van der Waals surface area contributed by atoms with Gasteiger partial charge in [0.25, 0.3) is 0 Å². The van der Waals surface area contributed by atoms with Crippen LogP contribution < -0.4 is 5.32 Å². The Morgan fingerprint density at radius 1 is 0.848 bits per heavy atom. The van der Waals surface area contributed by atoms with Crippen LogP contribution in [0.15, 0.2) is 84.9 Å². The van der Waals surface area contributed by atoms with Crippen LogP contribution in [0.1, 0.15) is 37.0 Å². The Balaban J connectivity index is 1.91. The number of carbonyl (C=O) groups is 2. The van der Waals surface area contributed by atoms with Crippen LogP contribution >= 0.6 is 0 Å². The number of nitrogens with one attached hydrogen (secondary N) is 1. The molecule has 1 N–H and O–H groups in total. The molecule has 0 spiro atoms. The first kappa shape index (κ1) is 24.2. The molecule has 3 aromatic carbocycles. The number of aryl methyl sites for hydroxylation is 1. The largest absolute Gasteiger partial charge is 0.352 e. The SMILES string of the molecule is CC(C)NC(=O)C(Cc1ccccc1)N(Cc1ccccc1F)C(=O)CCc1ccccc1. The summed E-state index contributed by atoms with van der Waals surface area (Å²) < 4.78 is 14.5. The highest BCUT2D eigenvalue weighted by Gasteiger charge is 2.31. The normalized spacial score (nSPS) is 11.8. The molecule has 0 aliphatic rings. The standard InChI is InChI=1S/C28H31FN2O2/c1-21(2)30-28(33)26(19-23-13-7-4-8-14-23)31(20-24-15-9-10-16-25(24)29)27(32)18-17-22-11-5-3-6-12-22/h3-16,21,26H,17-20H2,1-2H3,(H,30,33). The summed E-state index contributed by atoms with van der Waals surface area (Å²) in [6.07, 6.45) is 1.14. The van der Waals surface area contributed by atoms with Crippen LogP contribution in [0.25, 0.3) is 0 Å². The minimum absolute atomic E-state index is 0.0311. The van der Waals surface area contributed by atoms with Crippen molar-refractivity contribution >= 4 is 11.8 Å². The second kappa shape index (κ2) is 12.0. The highest BCUT2D eigenvalue weighted by Crippen LogP contribution is 2.18. The Bertz CT molecular complexity index is 1040. The second-order valence-electron chi connectivity index (χ2n) is 8.47. The zero-order valence-electron chi connectivity index (χ0n) is 19.2. The molecule has 3 rings (SSSR count). The summed E-state index contributed by atoms with van der Waals surface area (Å²) in [7, 11) is 0. The van der Waals surface area contributed by atoms with Crippen LogP contribution in [0.2, 0.25) is 0 Å². The molecule has 0 bridgehead atoms. The maximum Gasteiger partial charge on any atom is 0.243 e. The first-order chi connectivity index (χ1) is 15.9. The van der Waals surface area contributed by atoms with Gasteiger partial charge in [-0.3, -0.25) is 9.59 Å². The van der Waals surface area contributed by atoms with Gasteiger partial charge in [0.05, 0.1) is 0 Å². The molecule has 0 fully saturated rings. The maximum atomic E-state index is 14.5. The first-order valence-electron chi connectivity index (χ1n) is 11.3. The number of nitrogens with zero attached hydrogens (tertiary/aromatic N) is 1. The fraction of sp³-hybridized carbons (Fsp3) is 0.286. The van der Waals surface area contributed by atoms with Crippen LogP contribution in [-0.4, -0.2) is 28.8 Å². The summed E-state index contributed by atoms with van der Waals surface area (Å²) in [6.45, 7) is 3.80. The van der Waals surface area contributed by atoms with Crippen LogP contribution in [0.4, 0.5) is 4.39 Å². The molecule has 0 heterocycles. The van der Waals surface area contributed by atoms with Crippen molar-refractivity contribution in [1.82, 2.24) is 10.2 Å². The molecule has 0 radical (unpaired) electrons. The molecule has 0 aliphatic carbocycles. The Morgan fingerprint density at radius 2 is 1.42 bits per heavy atom. The van der Waals surface area contributed by atoms with Gasteiger partial charge in [-0.25, -0.2) is 4.39 Å². The molecule has 1 unspecified atom stereocenters. The topological polar surface area (TPSA) is 49.4 Å². The molecule has 0 aromatic heterocycles. The van der Waals surface area contributed by atoms with Gasteiger partial charge in [0.2, 0.25) is 11.8 Å². The molecular weight excluding hydrogens is 415 g/mol. The van der Waals surface area contributed by atoms with E-state index in [-0.39, 0.29) is 36.6 Å². The monoisotopic (exact) mass is 446 g/mol. The fourth-order valence-electron chi connectivity index (χ4n) is 3.78. The summed E-state index contributed by atoms with van der Waals surface area (Å²) >= 11 is 0. The van der Waals surface area contributed by atoms with Crippen molar-refractivity contribution in [3.05, 3.63) is 107 Å². The van der Waals surface area contributed by atoms with Crippen LogP contribution in [0.5, 0.6) is 0 Å². The average molecular weight is 447 g/mol. The van der Waals surface area contributed by atoms with E-state index in [0.717, 1.165) is 11.1 Å². The maximum absolute atomic E-state index is 14.5. The van der Waals surface area contributed by atoms with E-state index >= 15 is 0 Å². The summed E-state index contributed by atoms with van der Waals surface area (Å²) in [4.78, 5) is 28.3. The van der Waals surface area contributed by atoms with Crippen molar-refractivity contribution in [2.24, 2.45) is 0 Å². The van der Waals surface area contributed by atoms with Gasteiger partial charge >= 0.3 is 0 Å². The third kappa shape index (κ3) is 7.28. The predicted molar refractivity (Wildman–Crippen MR) is 129 cm³/mol. The highest BCUT2D eigenvalue weighted by molar-refractivity contribution is 5.88. The molecule has 0 aliphatic heterocycles. The minimum atomic E-state index is -0.752. The lowest BCUT2D eigenvalue weighted by molar-refractivity contribution is -0.141. The Labute approximate surface area is 195 Å². The van der Waals surface area contributed by atoms with E-state index in [0.29, 0.717) is 18.4 Å². The highest BCUT2D eigenvalue weighted by atomic mass is 19.1. The van der Waals surface area contributed by atoms with E-state index < -0.39 is 6.04 Å². The number of rotatable bonds is 10. The van der Waals surface area contributed by atoms with Crippen LogP contribution in [0.3, 0.4) is 0 Å². The molecule has 4 nitrogen and oxygen atoms in total. The molecule has 3 aromatic rings. The van der Waals surface area contributed by atoms with Gasteiger partial charge < -0.3 is 10.2 Å². The number of amides is 2. The zero-order valence-corrected chi connectivity index (χ0v) is 19.2. The Kier molecular flexibility index (Phi) is 8.76. The van der Waals surface area contributed by atoms with Crippen molar-refractivity contribution in [2.75, 3.05) is 0 Å². The van der Waals surface area contributed by atoms with Gasteiger partial charge in [0.15, 0.2) is 0 Å². The second-order valence-corrected chi connectivity index (χ2v) is 8.47. The van der Waals surface area contributed by atoms with Crippen molar-refractivity contribution < 1.29 is 14.0 Å². The average Bonchev–Trinajstić information content (AvgIpc) is 2.81. The molecule has 0 saturated heterocycles. The molecule has 0 saturated carbocycles. The van der Waals surface area contributed by atoms with E-state index in [2.05, 4.69) is 5.32 Å². The van der Waals surface area contributed by atoms with Gasteiger partial charge in [0, 0.05) is 31.0 Å². The molecule has 5 heteroatoms. The quantitative estimate of drug-likeness (QED) is 0.480. The summed E-state index contributed by atoms with van der Waals surface area (Å²) in [5.41, 5.74) is 2.37. The van der Waals surface area contributed by atoms with Crippen molar-refractivity contribution in [2.45, 2.75) is 51.7 Å². The predicted octanol–water partition coefficient (Wildman–Crippen LogP) is 4.92. The first-order valence-corrected chi connectivity index (χ1v) is 11.3. The van der Waals surface area contributed by atoms with Gasteiger partial charge in [-0.15, -0.1) is 0 Å². The summed E-state index contributed by atoms with van der Waals surface area (Å²) in [5.74, 6) is -0.804. The Hall–Kier alpha value is -3.47. The Morgan fingerprint density at radius 3 is 2.03 bits per heavy atom. The van der Waals surface area contributed by atoms with Gasteiger partial charge in [-0.1, -0.05) is 78.9 Å². The number of hydrogen-bond acceptors (Lipinski definition) is 2. The number of carbonyl (C=O) groups excluding carboxylic acids is 2. The molecule has 1 atom stereocenters. The van der Waals surface area contributed by atoms with Crippen LogP contribution in [0, 0.1) is 5.82 Å². The van der Waals surface area contributed by atoms with E-state index in [1.54, 1.807) is 18.2 Å². The summed E-state index contributed by atoms with van der Waals surface area (Å²) in [6, 6.07) is 24.9. The smallest absolute Gasteiger partial charge is 0.243 e. The molecule has 172 valence electrons. The molecular formula is C28H31FN2O2. The van der Waals surface area contributed by atoms with E-state index in [1.165, 1.54) is 11.0 Å². The number of halogens is 1. The lowest BCUT2D eigenvalue weighted by Crippen LogP contribution is -2.52. The van der Waals surface area contributed by atoms with Gasteiger partial charge in [-0.2, -0.15) is 0 Å². The third-order valence-corrected chi connectivity index (χ3v) is 5.47. The summed E-state index contributed by atoms with van der Waals surface area (Å²) in [5, 5.41) is 2.95. The van der Waals surface area contributed by atoms with Gasteiger partial charge in [-0.05, 0) is 37.5 Å². The van der Waals surface area contributed by atoms with Gasteiger partial charge in [0.1, 0.15) is 11.9 Å². The van der Waals surface area contributed by atoms with Crippen LogP contribution in [-0.2, 0) is 29.0 Å². The van der Waals surface area contributed by atoms with Crippen molar-refractivity contribution in [3.63, 3.8) is 0 Å². The van der Waals surface area contributed by atoms with Crippen molar-refractivity contribution in [1.29, 1.82) is 0 Å². The lowest BCUT2D eigenvalue weighted by atomic mass is 10.0. The molecule has 33 heavy (non-hydrogen) atoms. The number of hydrogen-bond donors (Lipinski definition) is 1. The number of benzene rings is 3. The third-order valence-electron chi connectivity index (χ3n) is 5.47. The lowest BCUT2D eigenvalue weighted by Gasteiger charge is -2.32. The van der Waals surface area contributed by atoms with E-state index in [9.17, 15) is 14.0 Å². The van der Waals surface area contributed by atoms with E-state index in [1.807, 2.05) is 74.5 Å². The molecule has 2 amide bonds. The fourth-order valence-corrected chi connectivity index (χ4v) is 3.78. The minimum Gasteiger partial charge on any atom is -0.352 e. The zero-order chi connectivity index (χ0) is 23.6. The van der Waals surface area contributed by atoms with E-state index in [4.69, 9.17) is 0 Å². The van der Waals surface area contributed by atoms with Crippen molar-refractivity contribution in [3.8, 4) is 0 Å².